The summed E-state index contributed by atoms with van der Waals surface area (Å²) in [5.74, 6) is 4.70. The van der Waals surface area contributed by atoms with Crippen molar-refractivity contribution in [2.75, 3.05) is 20.2 Å². The van der Waals surface area contributed by atoms with E-state index < -0.39 is 5.97 Å². The topological polar surface area (TPSA) is 46.6 Å². The van der Waals surface area contributed by atoms with Gasteiger partial charge in [-0.05, 0) is 32.0 Å². The molecule has 0 aromatic heterocycles. The second kappa shape index (κ2) is 7.22. The lowest BCUT2D eigenvalue weighted by atomic mass is 10.1. The average molecular weight is 259 g/mol. The molecule has 0 aliphatic carbocycles. The van der Waals surface area contributed by atoms with Crippen molar-refractivity contribution in [1.29, 1.82) is 0 Å². The van der Waals surface area contributed by atoms with Gasteiger partial charge in [-0.1, -0.05) is 12.0 Å². The zero-order valence-corrected chi connectivity index (χ0v) is 11.4. The summed E-state index contributed by atoms with van der Waals surface area (Å²) in [6.45, 7) is 5.07. The third-order valence-electron chi connectivity index (χ3n) is 2.65. The van der Waals surface area contributed by atoms with Crippen LogP contribution in [0.5, 0.6) is 0 Å². The molecule has 0 saturated heterocycles. The number of hydrogen-bond acceptors (Lipinski definition) is 3. The van der Waals surface area contributed by atoms with Gasteiger partial charge in [0.15, 0.2) is 0 Å². The monoisotopic (exact) mass is 259 g/mol. The van der Waals surface area contributed by atoms with Gasteiger partial charge >= 0.3 is 5.97 Å². The molecule has 0 saturated carbocycles. The number of benzene rings is 1. The van der Waals surface area contributed by atoms with Crippen LogP contribution in [-0.4, -0.2) is 37.0 Å². The third-order valence-corrected chi connectivity index (χ3v) is 2.65. The Morgan fingerprint density at radius 1 is 1.26 bits per heavy atom. The zero-order valence-electron chi connectivity index (χ0n) is 11.4. The Hall–Kier alpha value is -2.28. The summed E-state index contributed by atoms with van der Waals surface area (Å²) in [6.07, 6.45) is 0. The fraction of sp³-hybridized carbons (Fsp3) is 0.333. The second-order valence-electron chi connectivity index (χ2n) is 3.80. The molecule has 4 nitrogen and oxygen atoms in total. The number of esters is 1. The Bertz CT molecular complexity index is 522. The Labute approximate surface area is 113 Å². The molecule has 0 aliphatic rings. The summed E-state index contributed by atoms with van der Waals surface area (Å²) in [5.41, 5.74) is 1.04. The van der Waals surface area contributed by atoms with E-state index in [-0.39, 0.29) is 5.91 Å². The van der Waals surface area contributed by atoms with Crippen molar-refractivity contribution in [3.05, 3.63) is 35.4 Å². The maximum Gasteiger partial charge on any atom is 0.337 e. The molecular weight excluding hydrogens is 242 g/mol. The first kappa shape index (κ1) is 14.8. The van der Waals surface area contributed by atoms with Crippen LogP contribution in [0.3, 0.4) is 0 Å². The molecular formula is C15H17NO3. The van der Waals surface area contributed by atoms with Crippen LogP contribution in [0.1, 0.15) is 29.8 Å². The number of amides is 1. The third kappa shape index (κ3) is 4.14. The molecule has 1 rings (SSSR count). The molecule has 100 valence electrons. The molecule has 4 heteroatoms. The van der Waals surface area contributed by atoms with Gasteiger partial charge in [0.2, 0.25) is 0 Å². The summed E-state index contributed by atoms with van der Waals surface area (Å²) in [7, 11) is 1.32. The molecule has 0 aliphatic heterocycles. The molecule has 19 heavy (non-hydrogen) atoms. The van der Waals surface area contributed by atoms with Crippen LogP contribution >= 0.6 is 0 Å². The van der Waals surface area contributed by atoms with Gasteiger partial charge in [-0.3, -0.25) is 4.79 Å². The van der Waals surface area contributed by atoms with Crippen LogP contribution in [0.15, 0.2) is 24.3 Å². The minimum absolute atomic E-state index is 0.214. The lowest BCUT2D eigenvalue weighted by molar-refractivity contribution is -0.124. The van der Waals surface area contributed by atoms with E-state index >= 15 is 0 Å². The Balaban J connectivity index is 2.89. The smallest absolute Gasteiger partial charge is 0.337 e. The van der Waals surface area contributed by atoms with Crippen LogP contribution in [0.25, 0.3) is 0 Å². The van der Waals surface area contributed by atoms with Crippen molar-refractivity contribution in [3.8, 4) is 11.8 Å². The van der Waals surface area contributed by atoms with Gasteiger partial charge in [-0.2, -0.15) is 0 Å². The van der Waals surface area contributed by atoms with Crippen LogP contribution in [0, 0.1) is 11.8 Å². The first-order valence-corrected chi connectivity index (χ1v) is 6.11. The van der Waals surface area contributed by atoms with Gasteiger partial charge in [-0.15, -0.1) is 0 Å². The first-order valence-electron chi connectivity index (χ1n) is 6.11. The van der Waals surface area contributed by atoms with Gasteiger partial charge in [-0.25, -0.2) is 4.79 Å². The van der Waals surface area contributed by atoms with E-state index in [4.69, 9.17) is 0 Å². The molecule has 0 unspecified atom stereocenters. The van der Waals surface area contributed by atoms with Gasteiger partial charge in [0, 0.05) is 24.6 Å². The maximum absolute atomic E-state index is 11.7. The average Bonchev–Trinajstić information content (AvgIpc) is 2.45. The lowest BCUT2D eigenvalue weighted by Crippen LogP contribution is -2.29. The van der Waals surface area contributed by atoms with Crippen LogP contribution in [0.4, 0.5) is 0 Å². The standard InChI is InChI=1S/C15H17NO3/c1-4-16(5-2)14(17)10-9-12-7-6-8-13(11-12)15(18)19-3/h6-8,11H,4-5H2,1-3H3. The van der Waals surface area contributed by atoms with Gasteiger partial charge in [0.05, 0.1) is 12.7 Å². The van der Waals surface area contributed by atoms with Crippen molar-refractivity contribution in [1.82, 2.24) is 4.90 Å². The summed E-state index contributed by atoms with van der Waals surface area (Å²) in [5, 5.41) is 0. The highest BCUT2D eigenvalue weighted by atomic mass is 16.5. The fourth-order valence-corrected chi connectivity index (χ4v) is 1.56. The Kier molecular flexibility index (Phi) is 5.62. The summed E-state index contributed by atoms with van der Waals surface area (Å²) >= 11 is 0. The molecule has 0 N–H and O–H groups in total. The molecule has 0 heterocycles. The highest BCUT2D eigenvalue weighted by Crippen LogP contribution is 2.05. The Morgan fingerprint density at radius 2 is 1.95 bits per heavy atom. The number of carbonyl (C=O) groups is 2. The number of methoxy groups -OCH3 is 1. The van der Waals surface area contributed by atoms with E-state index in [9.17, 15) is 9.59 Å². The van der Waals surface area contributed by atoms with Gasteiger partial charge in [0.1, 0.15) is 0 Å². The van der Waals surface area contributed by atoms with Crippen LogP contribution in [-0.2, 0) is 9.53 Å². The van der Waals surface area contributed by atoms with E-state index in [1.54, 1.807) is 29.2 Å². The summed E-state index contributed by atoms with van der Waals surface area (Å²) < 4.78 is 4.63. The fourth-order valence-electron chi connectivity index (χ4n) is 1.56. The van der Waals surface area contributed by atoms with E-state index in [0.717, 1.165) is 0 Å². The SMILES string of the molecule is CCN(CC)C(=O)C#Cc1cccc(C(=O)OC)c1. The van der Waals surface area contributed by atoms with Crippen LogP contribution in [0.2, 0.25) is 0 Å². The van der Waals surface area contributed by atoms with Crippen molar-refractivity contribution in [2.45, 2.75) is 13.8 Å². The lowest BCUT2D eigenvalue weighted by Gasteiger charge is -2.14. The number of hydrogen-bond donors (Lipinski definition) is 0. The van der Waals surface area contributed by atoms with E-state index in [2.05, 4.69) is 16.6 Å². The predicted octanol–water partition coefficient (Wildman–Crippen LogP) is 1.69. The van der Waals surface area contributed by atoms with Crippen molar-refractivity contribution in [3.63, 3.8) is 0 Å². The minimum Gasteiger partial charge on any atom is -0.465 e. The molecule has 0 spiro atoms. The molecule has 0 radical (unpaired) electrons. The molecule has 0 atom stereocenters. The van der Waals surface area contributed by atoms with Crippen molar-refractivity contribution in [2.24, 2.45) is 0 Å². The summed E-state index contributed by atoms with van der Waals surface area (Å²) in [6, 6.07) is 6.70. The number of nitrogens with zero attached hydrogens (tertiary/aromatic N) is 1. The molecule has 0 bridgehead atoms. The molecule has 0 fully saturated rings. The highest BCUT2D eigenvalue weighted by molar-refractivity contribution is 5.94. The number of carbonyl (C=O) groups excluding carboxylic acids is 2. The zero-order chi connectivity index (χ0) is 14.3. The van der Waals surface area contributed by atoms with Gasteiger partial charge < -0.3 is 9.64 Å². The second-order valence-corrected chi connectivity index (χ2v) is 3.80. The first-order chi connectivity index (χ1) is 9.12. The van der Waals surface area contributed by atoms with E-state index in [1.807, 2.05) is 13.8 Å². The van der Waals surface area contributed by atoms with Gasteiger partial charge in [0.25, 0.3) is 5.91 Å². The summed E-state index contributed by atoms with van der Waals surface area (Å²) in [4.78, 5) is 24.7. The van der Waals surface area contributed by atoms with E-state index in [0.29, 0.717) is 24.2 Å². The largest absolute Gasteiger partial charge is 0.465 e. The molecule has 1 aromatic carbocycles. The quantitative estimate of drug-likeness (QED) is 0.613. The number of rotatable bonds is 3. The molecule has 1 aromatic rings. The molecule has 1 amide bonds. The van der Waals surface area contributed by atoms with Crippen molar-refractivity contribution >= 4 is 11.9 Å². The van der Waals surface area contributed by atoms with Crippen LogP contribution < -0.4 is 0 Å². The minimum atomic E-state index is -0.418. The number of ether oxygens (including phenoxy) is 1. The normalized spacial score (nSPS) is 9.21. The van der Waals surface area contributed by atoms with Crippen molar-refractivity contribution < 1.29 is 14.3 Å². The highest BCUT2D eigenvalue weighted by Gasteiger charge is 2.06. The maximum atomic E-state index is 11.7. The van der Waals surface area contributed by atoms with E-state index in [1.165, 1.54) is 7.11 Å². The Morgan fingerprint density at radius 3 is 2.53 bits per heavy atom. The predicted molar refractivity (Wildman–Crippen MR) is 72.6 cm³/mol.